The predicted molar refractivity (Wildman–Crippen MR) is 68.5 cm³/mol. The molecule has 0 heterocycles. The summed E-state index contributed by atoms with van der Waals surface area (Å²) in [5.74, 6) is 0.381. The lowest BCUT2D eigenvalue weighted by Gasteiger charge is -2.36. The third kappa shape index (κ3) is 5.49. The normalized spacial score (nSPS) is 15.9. The van der Waals surface area contributed by atoms with Crippen molar-refractivity contribution >= 4 is 8.32 Å². The Balaban J connectivity index is 4.10. The lowest BCUT2D eigenvalue weighted by Crippen LogP contribution is -2.41. The molecule has 0 aliphatic heterocycles. The summed E-state index contributed by atoms with van der Waals surface area (Å²) in [5.41, 5.74) is 0. The summed E-state index contributed by atoms with van der Waals surface area (Å²) in [6.45, 7) is 14.2. The van der Waals surface area contributed by atoms with Gasteiger partial charge >= 0.3 is 0 Å². The van der Waals surface area contributed by atoms with Crippen LogP contribution in [0.3, 0.4) is 0 Å². The van der Waals surface area contributed by atoms with Crippen LogP contribution in [0.1, 0.15) is 27.7 Å². The van der Waals surface area contributed by atoms with Gasteiger partial charge in [-0.1, -0.05) is 39.8 Å². The molecule has 0 aromatic heterocycles. The Morgan fingerprint density at radius 2 is 1.87 bits per heavy atom. The molecule has 0 aliphatic carbocycles. The molecule has 0 saturated heterocycles. The molecule has 0 spiro atoms. The molecule has 2 nitrogen and oxygen atoms in total. The lowest BCUT2D eigenvalue weighted by atomic mass is 10.2. The Morgan fingerprint density at radius 1 is 1.33 bits per heavy atom. The van der Waals surface area contributed by atoms with E-state index >= 15 is 0 Å². The van der Waals surface area contributed by atoms with Gasteiger partial charge in [0.15, 0.2) is 8.32 Å². The SMILES string of the molecule is C[C@@H](/C=C/CO)CO[Si](C)(C)C(C)(C)C. The quantitative estimate of drug-likeness (QED) is 0.580. The zero-order valence-electron chi connectivity index (χ0n) is 11.0. The van der Waals surface area contributed by atoms with Crippen LogP contribution in [-0.4, -0.2) is 26.6 Å². The second kappa shape index (κ2) is 5.82. The van der Waals surface area contributed by atoms with E-state index in [0.717, 1.165) is 6.61 Å². The molecule has 0 unspecified atom stereocenters. The maximum Gasteiger partial charge on any atom is 0.192 e. The summed E-state index contributed by atoms with van der Waals surface area (Å²) in [4.78, 5) is 0. The first-order valence-electron chi connectivity index (χ1n) is 5.62. The molecule has 3 heteroatoms. The van der Waals surface area contributed by atoms with Crippen molar-refractivity contribution in [1.82, 2.24) is 0 Å². The van der Waals surface area contributed by atoms with Crippen LogP contribution in [0.5, 0.6) is 0 Å². The van der Waals surface area contributed by atoms with Gasteiger partial charge in [0.1, 0.15) is 0 Å². The van der Waals surface area contributed by atoms with Crippen LogP contribution in [-0.2, 0) is 4.43 Å². The minimum atomic E-state index is -1.60. The molecule has 0 amide bonds. The van der Waals surface area contributed by atoms with Gasteiger partial charge in [-0.2, -0.15) is 0 Å². The van der Waals surface area contributed by atoms with Crippen molar-refractivity contribution in [3.63, 3.8) is 0 Å². The van der Waals surface area contributed by atoms with Gasteiger partial charge in [-0.05, 0) is 24.1 Å². The van der Waals surface area contributed by atoms with E-state index in [1.807, 2.05) is 6.08 Å². The van der Waals surface area contributed by atoms with Crippen molar-refractivity contribution in [3.05, 3.63) is 12.2 Å². The van der Waals surface area contributed by atoms with Crippen molar-refractivity contribution in [2.24, 2.45) is 5.92 Å². The highest BCUT2D eigenvalue weighted by atomic mass is 28.4. The third-order valence-electron chi connectivity index (χ3n) is 3.08. The minimum absolute atomic E-state index is 0.116. The molecule has 0 saturated carbocycles. The molecular formula is C12H26O2Si. The Bertz CT molecular complexity index is 204. The molecule has 90 valence electrons. The van der Waals surface area contributed by atoms with Crippen LogP contribution < -0.4 is 0 Å². The summed E-state index contributed by atoms with van der Waals surface area (Å²) >= 11 is 0. The van der Waals surface area contributed by atoms with Crippen LogP contribution in [0.2, 0.25) is 18.1 Å². The topological polar surface area (TPSA) is 29.5 Å². The van der Waals surface area contributed by atoms with Gasteiger partial charge in [0, 0.05) is 6.61 Å². The van der Waals surface area contributed by atoms with E-state index in [1.54, 1.807) is 6.08 Å². The zero-order valence-corrected chi connectivity index (χ0v) is 12.0. The van der Waals surface area contributed by atoms with Crippen LogP contribution in [0.4, 0.5) is 0 Å². The van der Waals surface area contributed by atoms with E-state index in [0.29, 0.717) is 5.92 Å². The monoisotopic (exact) mass is 230 g/mol. The van der Waals surface area contributed by atoms with Crippen molar-refractivity contribution in [1.29, 1.82) is 0 Å². The number of rotatable bonds is 5. The van der Waals surface area contributed by atoms with Gasteiger partial charge in [0.25, 0.3) is 0 Å². The van der Waals surface area contributed by atoms with E-state index in [4.69, 9.17) is 9.53 Å². The molecular weight excluding hydrogens is 204 g/mol. The van der Waals surface area contributed by atoms with Gasteiger partial charge in [-0.25, -0.2) is 0 Å². The smallest absolute Gasteiger partial charge is 0.192 e. The van der Waals surface area contributed by atoms with Gasteiger partial charge in [-0.3, -0.25) is 0 Å². The van der Waals surface area contributed by atoms with Crippen molar-refractivity contribution in [2.45, 2.75) is 45.8 Å². The standard InChI is InChI=1S/C12H26O2Si/c1-11(8-7-9-13)10-14-15(5,6)12(2,3)4/h7-8,11,13H,9-10H2,1-6H3/b8-7+/t11-/m0/s1. The van der Waals surface area contributed by atoms with Crippen LogP contribution in [0.15, 0.2) is 12.2 Å². The van der Waals surface area contributed by atoms with Crippen LogP contribution in [0, 0.1) is 5.92 Å². The number of hydrogen-bond acceptors (Lipinski definition) is 2. The van der Waals surface area contributed by atoms with Crippen LogP contribution in [0.25, 0.3) is 0 Å². The summed E-state index contributed by atoms with van der Waals surface area (Å²) in [5, 5.41) is 8.92. The fourth-order valence-corrected chi connectivity index (χ4v) is 2.02. The molecule has 0 aromatic rings. The number of hydrogen-bond donors (Lipinski definition) is 1. The van der Waals surface area contributed by atoms with E-state index in [2.05, 4.69) is 40.8 Å². The van der Waals surface area contributed by atoms with Gasteiger partial charge in [-0.15, -0.1) is 0 Å². The molecule has 0 rings (SSSR count). The van der Waals surface area contributed by atoms with E-state index in [1.165, 1.54) is 0 Å². The largest absolute Gasteiger partial charge is 0.416 e. The van der Waals surface area contributed by atoms with E-state index in [-0.39, 0.29) is 11.6 Å². The van der Waals surface area contributed by atoms with Gasteiger partial charge in [0.2, 0.25) is 0 Å². The second-order valence-electron chi connectivity index (χ2n) is 5.66. The Kier molecular flexibility index (Phi) is 5.78. The van der Waals surface area contributed by atoms with Crippen molar-refractivity contribution < 1.29 is 9.53 Å². The van der Waals surface area contributed by atoms with Crippen molar-refractivity contribution in [2.75, 3.05) is 13.2 Å². The third-order valence-corrected chi connectivity index (χ3v) is 7.58. The first-order valence-corrected chi connectivity index (χ1v) is 8.53. The molecule has 0 radical (unpaired) electrons. The molecule has 1 N–H and O–H groups in total. The maximum atomic E-state index is 8.65. The first-order chi connectivity index (χ1) is 6.70. The fraction of sp³-hybridized carbons (Fsp3) is 0.833. The molecule has 0 aromatic carbocycles. The van der Waals surface area contributed by atoms with Crippen molar-refractivity contribution in [3.8, 4) is 0 Å². The number of aliphatic hydroxyl groups excluding tert-OH is 1. The average molecular weight is 230 g/mol. The highest BCUT2D eigenvalue weighted by Gasteiger charge is 2.37. The maximum absolute atomic E-state index is 8.65. The molecule has 1 atom stereocenters. The Labute approximate surface area is 95.5 Å². The summed E-state index contributed by atoms with van der Waals surface area (Å²) < 4.78 is 6.06. The van der Waals surface area contributed by atoms with E-state index < -0.39 is 8.32 Å². The second-order valence-corrected chi connectivity index (χ2v) is 10.5. The average Bonchev–Trinajstić information content (AvgIpc) is 2.09. The molecule has 15 heavy (non-hydrogen) atoms. The highest BCUT2D eigenvalue weighted by Crippen LogP contribution is 2.36. The molecule has 0 bridgehead atoms. The highest BCUT2D eigenvalue weighted by molar-refractivity contribution is 6.74. The van der Waals surface area contributed by atoms with Gasteiger partial charge < -0.3 is 9.53 Å². The van der Waals surface area contributed by atoms with E-state index in [9.17, 15) is 0 Å². The van der Waals surface area contributed by atoms with Crippen LogP contribution >= 0.6 is 0 Å². The zero-order chi connectivity index (χ0) is 12.1. The molecule has 0 aliphatic rings. The molecule has 0 fully saturated rings. The summed E-state index contributed by atoms with van der Waals surface area (Å²) in [6.07, 6.45) is 3.78. The Hall–Kier alpha value is -0.123. The number of aliphatic hydroxyl groups is 1. The summed E-state index contributed by atoms with van der Waals surface area (Å²) in [6, 6.07) is 0. The first kappa shape index (κ1) is 14.9. The Morgan fingerprint density at radius 3 is 2.27 bits per heavy atom. The summed E-state index contributed by atoms with van der Waals surface area (Å²) in [7, 11) is -1.60. The minimum Gasteiger partial charge on any atom is -0.416 e. The van der Waals surface area contributed by atoms with Gasteiger partial charge in [0.05, 0.1) is 6.61 Å². The predicted octanol–water partition coefficient (Wildman–Crippen LogP) is 3.19. The lowest BCUT2D eigenvalue weighted by molar-refractivity contribution is 0.258. The fourth-order valence-electron chi connectivity index (χ4n) is 0.905.